The Labute approximate surface area is 87.7 Å². The highest BCUT2D eigenvalue weighted by atomic mass is 16.4. The summed E-state index contributed by atoms with van der Waals surface area (Å²) in [5.74, 6) is -0.265. The Hall–Kier alpha value is -0.530. The van der Waals surface area contributed by atoms with Crippen LogP contribution >= 0.6 is 0 Å². The van der Waals surface area contributed by atoms with Crippen molar-refractivity contribution in [2.75, 3.05) is 0 Å². The number of carboxylic acid groups (broad SMARTS) is 1. The molecule has 0 saturated carbocycles. The van der Waals surface area contributed by atoms with Crippen LogP contribution in [0.2, 0.25) is 0 Å². The van der Waals surface area contributed by atoms with Crippen molar-refractivity contribution in [2.45, 2.75) is 53.4 Å². The highest BCUT2D eigenvalue weighted by molar-refractivity contribution is 5.70. The first-order chi connectivity index (χ1) is 6.50. The van der Waals surface area contributed by atoms with E-state index in [1.54, 1.807) is 0 Å². The van der Waals surface area contributed by atoms with E-state index >= 15 is 0 Å². The van der Waals surface area contributed by atoms with Crippen LogP contribution in [0.5, 0.6) is 0 Å². The van der Waals surface area contributed by atoms with Crippen molar-refractivity contribution in [3.63, 3.8) is 0 Å². The van der Waals surface area contributed by atoms with Gasteiger partial charge in [0, 0.05) is 0 Å². The van der Waals surface area contributed by atoms with Crippen LogP contribution in [-0.2, 0) is 4.79 Å². The molecule has 2 nitrogen and oxygen atoms in total. The molecular formula is C12H24O2. The molecule has 2 unspecified atom stereocenters. The van der Waals surface area contributed by atoms with E-state index < -0.39 is 5.97 Å². The van der Waals surface area contributed by atoms with Crippen molar-refractivity contribution < 1.29 is 9.90 Å². The van der Waals surface area contributed by atoms with Crippen LogP contribution in [0, 0.1) is 17.8 Å². The van der Waals surface area contributed by atoms with E-state index in [1.165, 1.54) is 12.8 Å². The van der Waals surface area contributed by atoms with Gasteiger partial charge in [0.25, 0.3) is 0 Å². The third-order valence-corrected chi connectivity index (χ3v) is 2.88. The normalized spacial score (nSPS) is 15.5. The molecule has 0 amide bonds. The van der Waals surface area contributed by atoms with E-state index in [0.717, 1.165) is 12.8 Å². The Kier molecular flexibility index (Phi) is 6.60. The Balaban J connectivity index is 4.02. The van der Waals surface area contributed by atoms with Crippen molar-refractivity contribution in [2.24, 2.45) is 17.8 Å². The summed E-state index contributed by atoms with van der Waals surface area (Å²) in [5.41, 5.74) is 0. The summed E-state index contributed by atoms with van der Waals surface area (Å²) in [6.07, 6.45) is 4.62. The Morgan fingerprint density at radius 2 is 1.79 bits per heavy atom. The van der Waals surface area contributed by atoms with Gasteiger partial charge in [-0.15, -0.1) is 0 Å². The fraction of sp³-hybridized carbons (Fsp3) is 0.917. The van der Waals surface area contributed by atoms with Gasteiger partial charge in [-0.1, -0.05) is 47.0 Å². The van der Waals surface area contributed by atoms with Crippen molar-refractivity contribution in [1.82, 2.24) is 0 Å². The number of carboxylic acids is 1. The van der Waals surface area contributed by atoms with Gasteiger partial charge in [-0.3, -0.25) is 4.79 Å². The van der Waals surface area contributed by atoms with Crippen LogP contribution in [0.4, 0.5) is 0 Å². The molecule has 2 atom stereocenters. The van der Waals surface area contributed by atoms with Crippen molar-refractivity contribution >= 4 is 5.97 Å². The zero-order chi connectivity index (χ0) is 11.1. The first kappa shape index (κ1) is 13.5. The van der Waals surface area contributed by atoms with Crippen molar-refractivity contribution in [3.8, 4) is 0 Å². The van der Waals surface area contributed by atoms with Gasteiger partial charge in [-0.05, 0) is 18.3 Å². The second kappa shape index (κ2) is 6.86. The second-order valence-corrected chi connectivity index (χ2v) is 4.58. The predicted octanol–water partition coefficient (Wildman–Crippen LogP) is 3.56. The van der Waals surface area contributed by atoms with Gasteiger partial charge in [0.05, 0.1) is 5.92 Å². The lowest BCUT2D eigenvalue weighted by molar-refractivity contribution is -0.145. The molecule has 0 aliphatic carbocycles. The standard InChI is InChI=1S/C12H24O2/c1-5-6-7-8-10(4)11(9(2)3)12(13)14/h9-11H,5-8H2,1-4H3,(H,13,14). The molecule has 0 spiro atoms. The quantitative estimate of drug-likeness (QED) is 0.638. The highest BCUT2D eigenvalue weighted by Crippen LogP contribution is 2.25. The minimum atomic E-state index is -0.635. The summed E-state index contributed by atoms with van der Waals surface area (Å²) in [5, 5.41) is 9.07. The third kappa shape index (κ3) is 4.64. The molecule has 0 radical (unpaired) electrons. The monoisotopic (exact) mass is 200 g/mol. The van der Waals surface area contributed by atoms with Crippen LogP contribution in [-0.4, -0.2) is 11.1 Å². The Morgan fingerprint density at radius 1 is 1.21 bits per heavy atom. The SMILES string of the molecule is CCCCCC(C)C(C(=O)O)C(C)C. The van der Waals surface area contributed by atoms with Gasteiger partial charge in [0.1, 0.15) is 0 Å². The molecule has 0 aliphatic heterocycles. The van der Waals surface area contributed by atoms with Crippen LogP contribution in [0.15, 0.2) is 0 Å². The van der Waals surface area contributed by atoms with E-state index in [4.69, 9.17) is 5.11 Å². The third-order valence-electron chi connectivity index (χ3n) is 2.88. The first-order valence-electron chi connectivity index (χ1n) is 5.73. The lowest BCUT2D eigenvalue weighted by Gasteiger charge is -2.23. The highest BCUT2D eigenvalue weighted by Gasteiger charge is 2.27. The lowest BCUT2D eigenvalue weighted by Crippen LogP contribution is -2.26. The van der Waals surface area contributed by atoms with Crippen molar-refractivity contribution in [3.05, 3.63) is 0 Å². The number of hydrogen-bond donors (Lipinski definition) is 1. The molecule has 0 aromatic rings. The zero-order valence-electron chi connectivity index (χ0n) is 9.92. The van der Waals surface area contributed by atoms with E-state index in [2.05, 4.69) is 13.8 Å². The smallest absolute Gasteiger partial charge is 0.307 e. The van der Waals surface area contributed by atoms with Crippen LogP contribution in [0.3, 0.4) is 0 Å². The van der Waals surface area contributed by atoms with Gasteiger partial charge in [-0.2, -0.15) is 0 Å². The average molecular weight is 200 g/mol. The summed E-state index contributed by atoms with van der Waals surface area (Å²) in [6, 6.07) is 0. The summed E-state index contributed by atoms with van der Waals surface area (Å²) in [7, 11) is 0. The lowest BCUT2D eigenvalue weighted by atomic mass is 9.82. The zero-order valence-corrected chi connectivity index (χ0v) is 9.92. The average Bonchev–Trinajstić information content (AvgIpc) is 2.03. The molecule has 0 aliphatic rings. The summed E-state index contributed by atoms with van der Waals surface area (Å²) < 4.78 is 0. The fourth-order valence-corrected chi connectivity index (χ4v) is 2.08. The number of hydrogen-bond acceptors (Lipinski definition) is 1. The van der Waals surface area contributed by atoms with Gasteiger partial charge in [0.2, 0.25) is 0 Å². The molecule has 0 saturated heterocycles. The summed E-state index contributed by atoms with van der Waals surface area (Å²) in [6.45, 7) is 8.22. The molecule has 0 aromatic heterocycles. The Bertz CT molecular complexity index is 164. The minimum absolute atomic E-state index is 0.174. The van der Waals surface area contributed by atoms with E-state index in [0.29, 0.717) is 5.92 Å². The molecular weight excluding hydrogens is 176 g/mol. The van der Waals surface area contributed by atoms with Gasteiger partial charge < -0.3 is 5.11 Å². The van der Waals surface area contributed by atoms with Crippen LogP contribution < -0.4 is 0 Å². The fourth-order valence-electron chi connectivity index (χ4n) is 2.08. The number of aliphatic carboxylic acids is 1. The molecule has 0 rings (SSSR count). The maximum absolute atomic E-state index is 11.0. The molecule has 14 heavy (non-hydrogen) atoms. The maximum Gasteiger partial charge on any atom is 0.307 e. The molecule has 0 bridgehead atoms. The largest absolute Gasteiger partial charge is 0.481 e. The summed E-state index contributed by atoms with van der Waals surface area (Å²) in [4.78, 5) is 11.0. The topological polar surface area (TPSA) is 37.3 Å². The molecule has 0 fully saturated rings. The second-order valence-electron chi connectivity index (χ2n) is 4.58. The first-order valence-corrected chi connectivity index (χ1v) is 5.73. The van der Waals surface area contributed by atoms with Gasteiger partial charge in [-0.25, -0.2) is 0 Å². The minimum Gasteiger partial charge on any atom is -0.481 e. The predicted molar refractivity (Wildman–Crippen MR) is 59.3 cm³/mol. The van der Waals surface area contributed by atoms with Crippen LogP contribution in [0.1, 0.15) is 53.4 Å². The molecule has 2 heteroatoms. The van der Waals surface area contributed by atoms with E-state index in [1.807, 2.05) is 13.8 Å². The molecule has 0 heterocycles. The molecule has 84 valence electrons. The molecule has 1 N–H and O–H groups in total. The van der Waals surface area contributed by atoms with E-state index in [-0.39, 0.29) is 11.8 Å². The number of carbonyl (C=O) groups is 1. The number of unbranched alkanes of at least 4 members (excludes halogenated alkanes) is 2. The van der Waals surface area contributed by atoms with Crippen LogP contribution in [0.25, 0.3) is 0 Å². The van der Waals surface area contributed by atoms with E-state index in [9.17, 15) is 4.79 Å². The summed E-state index contributed by atoms with van der Waals surface area (Å²) >= 11 is 0. The molecule has 0 aromatic carbocycles. The number of rotatable bonds is 7. The van der Waals surface area contributed by atoms with Gasteiger partial charge in [0.15, 0.2) is 0 Å². The Morgan fingerprint density at radius 3 is 2.14 bits per heavy atom. The maximum atomic E-state index is 11.0. The van der Waals surface area contributed by atoms with Crippen molar-refractivity contribution in [1.29, 1.82) is 0 Å². The van der Waals surface area contributed by atoms with Gasteiger partial charge >= 0.3 is 5.97 Å².